The molecule has 1 atom stereocenters. The summed E-state index contributed by atoms with van der Waals surface area (Å²) >= 11 is 0. The second-order valence-corrected chi connectivity index (χ2v) is 9.55. The number of alkyl halides is 3. The monoisotopic (exact) mass is 416 g/mol. The van der Waals surface area contributed by atoms with E-state index in [1.807, 2.05) is 0 Å². The largest absolute Gasteiger partial charge is 0.424 e. The number of hydrogen-bond acceptors (Lipinski definition) is 6. The van der Waals surface area contributed by atoms with Gasteiger partial charge in [-0.3, -0.25) is 0 Å². The van der Waals surface area contributed by atoms with E-state index >= 15 is 0 Å². The minimum absolute atomic E-state index is 0.0473. The first kappa shape index (κ1) is 19.4. The van der Waals surface area contributed by atoms with Crippen molar-refractivity contribution in [3.8, 4) is 0 Å². The van der Waals surface area contributed by atoms with Crippen LogP contribution in [0, 0.1) is 0 Å². The average Bonchev–Trinajstić information content (AvgIpc) is 3.28. The van der Waals surface area contributed by atoms with Crippen molar-refractivity contribution in [2.75, 3.05) is 24.7 Å². The van der Waals surface area contributed by atoms with Gasteiger partial charge in [0, 0.05) is 13.2 Å². The maximum Gasteiger partial charge on any atom is 0.416 e. The quantitative estimate of drug-likeness (QED) is 0.765. The van der Waals surface area contributed by atoms with Gasteiger partial charge >= 0.3 is 6.18 Å². The molecule has 152 valence electrons. The van der Waals surface area contributed by atoms with Gasteiger partial charge in [-0.25, -0.2) is 8.42 Å². The van der Waals surface area contributed by atoms with Crippen molar-refractivity contribution in [3.05, 3.63) is 47.2 Å². The van der Waals surface area contributed by atoms with Crippen LogP contribution >= 0.6 is 0 Å². The van der Waals surface area contributed by atoms with Gasteiger partial charge in [-0.15, -0.1) is 10.2 Å². The zero-order valence-electron chi connectivity index (χ0n) is 14.9. The topological polar surface area (TPSA) is 82.3 Å². The molecule has 2 saturated heterocycles. The summed E-state index contributed by atoms with van der Waals surface area (Å²) in [6.45, 7) is 0.706. The highest BCUT2D eigenvalue weighted by Crippen LogP contribution is 2.43. The Hall–Kier alpha value is -1.94. The Kier molecular flexibility index (Phi) is 4.73. The maximum atomic E-state index is 13.2. The van der Waals surface area contributed by atoms with Crippen LogP contribution in [0.4, 0.5) is 13.2 Å². The highest BCUT2D eigenvalue weighted by Gasteiger charge is 2.44. The van der Waals surface area contributed by atoms with Gasteiger partial charge in [-0.2, -0.15) is 13.2 Å². The second kappa shape index (κ2) is 6.84. The van der Waals surface area contributed by atoms with Crippen molar-refractivity contribution in [1.29, 1.82) is 0 Å². The first-order valence-electron chi connectivity index (χ1n) is 8.99. The Labute approximate surface area is 160 Å². The summed E-state index contributed by atoms with van der Waals surface area (Å²) in [5, 5.41) is 8.16. The lowest BCUT2D eigenvalue weighted by molar-refractivity contribution is -0.137. The number of benzene rings is 1. The summed E-state index contributed by atoms with van der Waals surface area (Å²) in [5.74, 6) is 0.101. The molecule has 0 radical (unpaired) electrons. The highest BCUT2D eigenvalue weighted by molar-refractivity contribution is 7.91. The molecule has 2 aromatic rings. The summed E-state index contributed by atoms with van der Waals surface area (Å²) in [6, 6.07) is 5.15. The van der Waals surface area contributed by atoms with Crippen molar-refractivity contribution in [2.24, 2.45) is 0 Å². The molecule has 0 bridgehead atoms. The van der Waals surface area contributed by atoms with Gasteiger partial charge in [0.05, 0.1) is 28.4 Å². The van der Waals surface area contributed by atoms with Gasteiger partial charge in [0.2, 0.25) is 11.8 Å². The van der Waals surface area contributed by atoms with Crippen LogP contribution in [0.5, 0.6) is 0 Å². The molecule has 2 fully saturated rings. The summed E-state index contributed by atoms with van der Waals surface area (Å²) in [7, 11) is -3.12. The fourth-order valence-corrected chi connectivity index (χ4v) is 5.65. The third-order valence-corrected chi connectivity index (χ3v) is 7.29. The number of nitrogens with zero attached hydrogens (tertiary/aromatic N) is 2. The van der Waals surface area contributed by atoms with Crippen LogP contribution in [-0.2, 0) is 26.2 Å². The zero-order valence-corrected chi connectivity index (χ0v) is 15.7. The van der Waals surface area contributed by atoms with E-state index in [4.69, 9.17) is 9.15 Å². The molecule has 0 amide bonds. The molecule has 28 heavy (non-hydrogen) atoms. The fourth-order valence-electron chi connectivity index (χ4n) is 3.92. The number of aromatic nitrogens is 2. The lowest BCUT2D eigenvalue weighted by atomic mass is 9.73. The minimum atomic E-state index is -4.46. The Bertz CT molecular complexity index is 965. The van der Waals surface area contributed by atoms with Crippen LogP contribution in [0.1, 0.15) is 48.1 Å². The van der Waals surface area contributed by atoms with Gasteiger partial charge < -0.3 is 9.15 Å². The smallest absolute Gasteiger partial charge is 0.416 e. The van der Waals surface area contributed by atoms with Crippen LogP contribution in [0.25, 0.3) is 0 Å². The van der Waals surface area contributed by atoms with Gasteiger partial charge in [-0.05, 0) is 30.9 Å². The van der Waals surface area contributed by atoms with E-state index in [2.05, 4.69) is 10.2 Å². The molecule has 4 rings (SSSR count). The Morgan fingerprint density at radius 3 is 2.54 bits per heavy atom. The zero-order chi connectivity index (χ0) is 20.0. The van der Waals surface area contributed by atoms with E-state index in [-0.39, 0.29) is 29.2 Å². The average molecular weight is 416 g/mol. The summed E-state index contributed by atoms with van der Waals surface area (Å²) < 4.78 is 74.4. The van der Waals surface area contributed by atoms with Crippen LogP contribution in [0.2, 0.25) is 0 Å². The van der Waals surface area contributed by atoms with Crippen LogP contribution in [-0.4, -0.2) is 43.3 Å². The number of hydrogen-bond donors (Lipinski definition) is 0. The molecule has 10 heteroatoms. The Balaban J connectivity index is 1.73. The third-order valence-electron chi connectivity index (χ3n) is 5.52. The molecule has 1 aromatic carbocycles. The summed E-state index contributed by atoms with van der Waals surface area (Å²) in [6.07, 6.45) is -3.25. The third kappa shape index (κ3) is 3.55. The number of rotatable bonds is 3. The standard InChI is InChI=1S/C18H19F3N2O4S/c19-18(20,21)14-3-1-2-13(10-14)17(5-7-26-8-6-17)16-23-22-15(27-16)12-4-9-28(24,25)11-12/h1-3,10,12H,4-9,11H2/t12-/m0/s1. The van der Waals surface area contributed by atoms with Crippen LogP contribution in [0.3, 0.4) is 0 Å². The molecule has 0 N–H and O–H groups in total. The molecule has 0 saturated carbocycles. The van der Waals surface area contributed by atoms with Crippen molar-refractivity contribution < 1.29 is 30.7 Å². The predicted molar refractivity (Wildman–Crippen MR) is 92.6 cm³/mol. The molecular weight excluding hydrogens is 397 g/mol. The normalized spacial score (nSPS) is 24.3. The van der Waals surface area contributed by atoms with Gasteiger partial charge in [0.1, 0.15) is 0 Å². The SMILES string of the molecule is O=S1(=O)CC[C@H](c2nnc(C3(c4cccc(C(F)(F)F)c4)CCOCC3)o2)C1. The number of ether oxygens (including phenoxy) is 1. The molecule has 2 aliphatic heterocycles. The Morgan fingerprint density at radius 2 is 1.89 bits per heavy atom. The maximum absolute atomic E-state index is 13.2. The van der Waals surface area contributed by atoms with Crippen molar-refractivity contribution >= 4 is 9.84 Å². The highest BCUT2D eigenvalue weighted by atomic mass is 32.2. The van der Waals surface area contributed by atoms with E-state index in [0.29, 0.717) is 38.0 Å². The predicted octanol–water partition coefficient (Wildman–Crippen LogP) is 3.09. The van der Waals surface area contributed by atoms with Gasteiger partial charge in [-0.1, -0.05) is 18.2 Å². The van der Waals surface area contributed by atoms with Gasteiger partial charge in [0.15, 0.2) is 9.84 Å². The van der Waals surface area contributed by atoms with E-state index in [1.54, 1.807) is 6.07 Å². The van der Waals surface area contributed by atoms with Crippen LogP contribution in [0.15, 0.2) is 28.7 Å². The minimum Gasteiger partial charge on any atom is -0.424 e. The molecule has 0 unspecified atom stereocenters. The molecular formula is C18H19F3N2O4S. The van der Waals surface area contributed by atoms with E-state index in [1.165, 1.54) is 6.07 Å². The van der Waals surface area contributed by atoms with Crippen molar-refractivity contribution in [2.45, 2.75) is 36.8 Å². The van der Waals surface area contributed by atoms with Crippen molar-refractivity contribution in [3.63, 3.8) is 0 Å². The van der Waals surface area contributed by atoms with Gasteiger partial charge in [0.25, 0.3) is 0 Å². The van der Waals surface area contributed by atoms with E-state index in [0.717, 1.165) is 12.1 Å². The molecule has 1 aromatic heterocycles. The second-order valence-electron chi connectivity index (χ2n) is 7.32. The lowest BCUT2D eigenvalue weighted by Crippen LogP contribution is -2.35. The lowest BCUT2D eigenvalue weighted by Gasteiger charge is -2.34. The van der Waals surface area contributed by atoms with E-state index < -0.39 is 27.0 Å². The Morgan fingerprint density at radius 1 is 1.14 bits per heavy atom. The molecule has 0 aliphatic carbocycles. The fraction of sp³-hybridized carbons (Fsp3) is 0.556. The summed E-state index contributed by atoms with van der Waals surface area (Å²) in [5.41, 5.74) is -1.18. The number of sulfone groups is 1. The van der Waals surface area contributed by atoms with Crippen molar-refractivity contribution in [1.82, 2.24) is 10.2 Å². The molecule has 3 heterocycles. The molecule has 0 spiro atoms. The first-order chi connectivity index (χ1) is 13.2. The van der Waals surface area contributed by atoms with Crippen LogP contribution < -0.4 is 0 Å². The molecule has 6 nitrogen and oxygen atoms in total. The number of halogens is 3. The summed E-state index contributed by atoms with van der Waals surface area (Å²) in [4.78, 5) is 0. The first-order valence-corrected chi connectivity index (χ1v) is 10.8. The molecule has 2 aliphatic rings. The van der Waals surface area contributed by atoms with E-state index in [9.17, 15) is 21.6 Å².